The molecular weight excluding hydrogens is 306 g/mol. The largest absolute Gasteiger partial charge is 0.494 e. The van der Waals surface area contributed by atoms with Gasteiger partial charge in [0, 0.05) is 22.5 Å². The number of amides is 1. The Morgan fingerprint density at radius 2 is 2.00 bits per heavy atom. The third-order valence-corrected chi connectivity index (χ3v) is 3.73. The fourth-order valence-corrected chi connectivity index (χ4v) is 2.40. The van der Waals surface area contributed by atoms with Gasteiger partial charge in [-0.2, -0.15) is 0 Å². The number of hydrogen-bond acceptors (Lipinski definition) is 2. The Balaban J connectivity index is 2.82. The quantitative estimate of drug-likeness (QED) is 0.756. The number of anilines is 1. The number of carbonyl (C=O) groups is 1. The molecule has 0 spiro atoms. The Morgan fingerprint density at radius 3 is 2.53 bits per heavy atom. The zero-order valence-electron chi connectivity index (χ0n) is 11.8. The zero-order chi connectivity index (χ0) is 14.3. The van der Waals surface area contributed by atoms with Gasteiger partial charge in [0.15, 0.2) is 0 Å². The third-order valence-electron chi connectivity index (χ3n) is 3.13. The lowest BCUT2D eigenvalue weighted by molar-refractivity contribution is -0.120. The number of alkyl halides is 1. The summed E-state index contributed by atoms with van der Waals surface area (Å²) in [7, 11) is 0. The van der Waals surface area contributed by atoms with Crippen LogP contribution in [0.4, 0.5) is 5.69 Å². The lowest BCUT2D eigenvalue weighted by Gasteiger charge is -2.14. The molecule has 0 radical (unpaired) electrons. The van der Waals surface area contributed by atoms with E-state index in [1.807, 2.05) is 39.0 Å². The van der Waals surface area contributed by atoms with E-state index in [4.69, 9.17) is 4.74 Å². The van der Waals surface area contributed by atoms with Crippen LogP contribution in [0.15, 0.2) is 18.2 Å². The highest BCUT2D eigenvalue weighted by atomic mass is 79.9. The van der Waals surface area contributed by atoms with Crippen LogP contribution >= 0.6 is 15.9 Å². The van der Waals surface area contributed by atoms with Gasteiger partial charge in [-0.05, 0) is 38.0 Å². The van der Waals surface area contributed by atoms with Crippen LogP contribution in [0.25, 0.3) is 0 Å². The van der Waals surface area contributed by atoms with E-state index in [-0.39, 0.29) is 11.8 Å². The van der Waals surface area contributed by atoms with Crippen molar-refractivity contribution in [2.75, 3.05) is 11.9 Å². The molecule has 1 N–H and O–H groups in total. The van der Waals surface area contributed by atoms with Crippen molar-refractivity contribution in [2.24, 2.45) is 5.92 Å². The van der Waals surface area contributed by atoms with Gasteiger partial charge in [-0.25, -0.2) is 0 Å². The maximum Gasteiger partial charge on any atom is 0.227 e. The molecule has 0 aromatic heterocycles. The standard InChI is InChI=1S/C15H22BrNO2/c1-4-11(5-2)15(18)17-13-7-8-14(19-6-3)12(9-13)10-16/h7-9,11H,4-6,10H2,1-3H3,(H,17,18). The molecule has 0 saturated heterocycles. The van der Waals surface area contributed by atoms with Crippen molar-refractivity contribution in [2.45, 2.75) is 38.9 Å². The zero-order valence-corrected chi connectivity index (χ0v) is 13.4. The van der Waals surface area contributed by atoms with Gasteiger partial charge in [-0.3, -0.25) is 4.79 Å². The Hall–Kier alpha value is -1.03. The van der Waals surface area contributed by atoms with Gasteiger partial charge in [0.1, 0.15) is 5.75 Å². The normalized spacial score (nSPS) is 10.6. The van der Waals surface area contributed by atoms with Crippen molar-refractivity contribution in [1.29, 1.82) is 0 Å². The highest BCUT2D eigenvalue weighted by Gasteiger charge is 2.14. The summed E-state index contributed by atoms with van der Waals surface area (Å²) in [6.07, 6.45) is 1.73. The van der Waals surface area contributed by atoms with E-state index in [9.17, 15) is 4.79 Å². The van der Waals surface area contributed by atoms with Gasteiger partial charge < -0.3 is 10.1 Å². The summed E-state index contributed by atoms with van der Waals surface area (Å²) >= 11 is 3.44. The predicted molar refractivity (Wildman–Crippen MR) is 82.9 cm³/mol. The first-order valence-electron chi connectivity index (χ1n) is 6.78. The lowest BCUT2D eigenvalue weighted by atomic mass is 10.0. The third kappa shape index (κ3) is 4.53. The molecule has 0 saturated carbocycles. The minimum Gasteiger partial charge on any atom is -0.494 e. The molecule has 1 rings (SSSR count). The van der Waals surface area contributed by atoms with Crippen molar-refractivity contribution >= 4 is 27.5 Å². The summed E-state index contributed by atoms with van der Waals surface area (Å²) in [5.41, 5.74) is 1.87. The number of benzene rings is 1. The van der Waals surface area contributed by atoms with Crippen LogP contribution in [0.5, 0.6) is 5.75 Å². The second kappa shape index (κ2) is 8.20. The molecule has 1 amide bonds. The molecule has 0 bridgehead atoms. The highest BCUT2D eigenvalue weighted by molar-refractivity contribution is 9.08. The van der Waals surface area contributed by atoms with Gasteiger partial charge in [-0.1, -0.05) is 29.8 Å². The summed E-state index contributed by atoms with van der Waals surface area (Å²) in [6, 6.07) is 5.75. The Kier molecular flexibility index (Phi) is 6.92. The van der Waals surface area contributed by atoms with Crippen molar-refractivity contribution in [3.8, 4) is 5.75 Å². The van der Waals surface area contributed by atoms with Gasteiger partial charge in [0.2, 0.25) is 5.91 Å². The van der Waals surface area contributed by atoms with E-state index in [2.05, 4.69) is 21.2 Å². The smallest absolute Gasteiger partial charge is 0.227 e. The van der Waals surface area contributed by atoms with Crippen molar-refractivity contribution in [3.05, 3.63) is 23.8 Å². The Bertz CT molecular complexity index is 417. The molecule has 0 fully saturated rings. The van der Waals surface area contributed by atoms with E-state index in [0.29, 0.717) is 11.9 Å². The molecular formula is C15H22BrNO2. The predicted octanol–water partition coefficient (Wildman–Crippen LogP) is 4.35. The first-order valence-corrected chi connectivity index (χ1v) is 7.90. The molecule has 0 heterocycles. The maximum absolute atomic E-state index is 12.0. The number of nitrogens with one attached hydrogen (secondary N) is 1. The molecule has 19 heavy (non-hydrogen) atoms. The van der Waals surface area contributed by atoms with E-state index in [1.54, 1.807) is 0 Å². The topological polar surface area (TPSA) is 38.3 Å². The fourth-order valence-electron chi connectivity index (χ4n) is 1.96. The van der Waals surface area contributed by atoms with Crippen LogP contribution < -0.4 is 10.1 Å². The number of hydrogen-bond donors (Lipinski definition) is 1. The van der Waals surface area contributed by atoms with Crippen LogP contribution in [0.3, 0.4) is 0 Å². The number of ether oxygens (including phenoxy) is 1. The molecule has 0 aliphatic rings. The maximum atomic E-state index is 12.0. The lowest BCUT2D eigenvalue weighted by Crippen LogP contribution is -2.21. The van der Waals surface area contributed by atoms with E-state index in [0.717, 1.165) is 29.8 Å². The molecule has 0 atom stereocenters. The molecule has 106 valence electrons. The van der Waals surface area contributed by atoms with Crippen LogP contribution in [0.1, 0.15) is 39.2 Å². The minimum absolute atomic E-state index is 0.0824. The molecule has 0 aliphatic heterocycles. The monoisotopic (exact) mass is 327 g/mol. The van der Waals surface area contributed by atoms with E-state index >= 15 is 0 Å². The van der Waals surface area contributed by atoms with E-state index in [1.165, 1.54) is 0 Å². The van der Waals surface area contributed by atoms with Crippen LogP contribution in [-0.2, 0) is 10.1 Å². The number of halogens is 1. The number of carbonyl (C=O) groups excluding carboxylic acids is 1. The summed E-state index contributed by atoms with van der Waals surface area (Å²) in [6.45, 7) is 6.67. The Morgan fingerprint density at radius 1 is 1.32 bits per heavy atom. The van der Waals surface area contributed by atoms with Gasteiger partial charge in [-0.15, -0.1) is 0 Å². The van der Waals surface area contributed by atoms with Crippen molar-refractivity contribution in [1.82, 2.24) is 0 Å². The van der Waals surface area contributed by atoms with Gasteiger partial charge >= 0.3 is 0 Å². The average Bonchev–Trinajstić information content (AvgIpc) is 2.42. The summed E-state index contributed by atoms with van der Waals surface area (Å²) in [5, 5.41) is 3.68. The first-order chi connectivity index (χ1) is 9.15. The SMILES string of the molecule is CCOc1ccc(NC(=O)C(CC)CC)cc1CBr. The molecule has 0 unspecified atom stereocenters. The molecule has 1 aromatic carbocycles. The Labute approximate surface area is 123 Å². The fraction of sp³-hybridized carbons (Fsp3) is 0.533. The molecule has 0 aliphatic carbocycles. The van der Waals surface area contributed by atoms with E-state index < -0.39 is 0 Å². The summed E-state index contributed by atoms with van der Waals surface area (Å²) in [5.74, 6) is 1.04. The van der Waals surface area contributed by atoms with Gasteiger partial charge in [0.05, 0.1) is 6.61 Å². The summed E-state index contributed by atoms with van der Waals surface area (Å²) < 4.78 is 5.53. The molecule has 3 nitrogen and oxygen atoms in total. The van der Waals surface area contributed by atoms with Crippen molar-refractivity contribution in [3.63, 3.8) is 0 Å². The van der Waals surface area contributed by atoms with Crippen LogP contribution in [0.2, 0.25) is 0 Å². The van der Waals surface area contributed by atoms with Crippen molar-refractivity contribution < 1.29 is 9.53 Å². The van der Waals surface area contributed by atoms with Gasteiger partial charge in [0.25, 0.3) is 0 Å². The number of rotatable bonds is 7. The van der Waals surface area contributed by atoms with Crippen LogP contribution in [0, 0.1) is 5.92 Å². The highest BCUT2D eigenvalue weighted by Crippen LogP contribution is 2.25. The summed E-state index contributed by atoms with van der Waals surface area (Å²) in [4.78, 5) is 12.0. The van der Waals surface area contributed by atoms with Crippen LogP contribution in [-0.4, -0.2) is 12.5 Å². The second-order valence-electron chi connectivity index (χ2n) is 4.39. The molecule has 1 aromatic rings. The molecule has 4 heteroatoms. The first kappa shape index (κ1) is 16.0. The average molecular weight is 328 g/mol. The minimum atomic E-state index is 0.0824. The second-order valence-corrected chi connectivity index (χ2v) is 4.95.